The first-order valence-electron chi connectivity index (χ1n) is 11.6. The fourth-order valence-electron chi connectivity index (χ4n) is 4.99. The van der Waals surface area contributed by atoms with E-state index in [1.807, 2.05) is 6.92 Å². The van der Waals surface area contributed by atoms with Crippen LogP contribution < -0.4 is 5.32 Å². The highest BCUT2D eigenvalue weighted by atomic mass is 16.5. The van der Waals surface area contributed by atoms with Gasteiger partial charge in [-0.2, -0.15) is 0 Å². The van der Waals surface area contributed by atoms with Gasteiger partial charge in [-0.25, -0.2) is 0 Å². The molecule has 0 amide bonds. The van der Waals surface area contributed by atoms with Gasteiger partial charge in [0, 0.05) is 18.5 Å². The molecular weight excluding hydrogens is 382 g/mol. The van der Waals surface area contributed by atoms with E-state index in [1.165, 1.54) is 40.3 Å². The summed E-state index contributed by atoms with van der Waals surface area (Å²) in [4.78, 5) is 11.7. The van der Waals surface area contributed by atoms with E-state index in [9.17, 15) is 4.79 Å². The molecule has 1 N–H and O–H groups in total. The van der Waals surface area contributed by atoms with E-state index in [0.717, 1.165) is 12.8 Å². The van der Waals surface area contributed by atoms with E-state index in [-0.39, 0.29) is 5.97 Å². The molecule has 0 aromatic heterocycles. The van der Waals surface area contributed by atoms with Gasteiger partial charge in [-0.1, -0.05) is 66.7 Å². The van der Waals surface area contributed by atoms with Crippen LogP contribution in [-0.4, -0.2) is 18.6 Å². The molecule has 0 radical (unpaired) electrons. The molecule has 0 bridgehead atoms. The van der Waals surface area contributed by atoms with Crippen molar-refractivity contribution < 1.29 is 9.53 Å². The fraction of sp³-hybridized carbons (Fsp3) is 0.393. The Morgan fingerprint density at radius 3 is 2.74 bits per heavy atom. The predicted molar refractivity (Wildman–Crippen MR) is 127 cm³/mol. The Morgan fingerprint density at radius 1 is 1.06 bits per heavy atom. The average molecular weight is 416 g/mol. The first-order valence-corrected chi connectivity index (χ1v) is 11.6. The molecule has 0 heterocycles. The second-order valence-corrected chi connectivity index (χ2v) is 8.71. The molecule has 3 aromatic carbocycles. The summed E-state index contributed by atoms with van der Waals surface area (Å²) >= 11 is 0. The Morgan fingerprint density at radius 2 is 1.87 bits per heavy atom. The molecule has 0 spiro atoms. The maximum absolute atomic E-state index is 11.7. The molecule has 0 saturated heterocycles. The van der Waals surface area contributed by atoms with Crippen molar-refractivity contribution in [2.45, 2.75) is 64.0 Å². The molecule has 1 aliphatic rings. The first kappa shape index (κ1) is 21.6. The third-order valence-electron chi connectivity index (χ3n) is 6.55. The van der Waals surface area contributed by atoms with Crippen LogP contribution in [0.5, 0.6) is 0 Å². The summed E-state index contributed by atoms with van der Waals surface area (Å²) in [7, 11) is 0. The van der Waals surface area contributed by atoms with Crippen molar-refractivity contribution >= 4 is 16.7 Å². The zero-order valence-corrected chi connectivity index (χ0v) is 18.6. The van der Waals surface area contributed by atoms with Crippen LogP contribution in [0.15, 0.2) is 66.7 Å². The van der Waals surface area contributed by atoms with E-state index >= 15 is 0 Å². The Kier molecular flexibility index (Phi) is 7.03. The van der Waals surface area contributed by atoms with Gasteiger partial charge in [-0.3, -0.25) is 4.79 Å². The maximum atomic E-state index is 11.7. The molecule has 1 saturated carbocycles. The van der Waals surface area contributed by atoms with Crippen LogP contribution in [0.1, 0.15) is 68.2 Å². The van der Waals surface area contributed by atoms with Gasteiger partial charge in [0.15, 0.2) is 0 Å². The molecule has 31 heavy (non-hydrogen) atoms. The third-order valence-corrected chi connectivity index (χ3v) is 6.55. The van der Waals surface area contributed by atoms with Gasteiger partial charge in [0.05, 0.1) is 6.61 Å². The van der Waals surface area contributed by atoms with E-state index in [0.29, 0.717) is 31.0 Å². The van der Waals surface area contributed by atoms with Crippen molar-refractivity contribution in [1.29, 1.82) is 0 Å². The minimum absolute atomic E-state index is 0.111. The third kappa shape index (κ3) is 5.34. The number of rotatable bonds is 8. The van der Waals surface area contributed by atoms with Crippen LogP contribution in [0.25, 0.3) is 10.8 Å². The molecule has 0 aliphatic heterocycles. The van der Waals surface area contributed by atoms with Gasteiger partial charge < -0.3 is 10.1 Å². The minimum Gasteiger partial charge on any atom is -0.466 e. The van der Waals surface area contributed by atoms with E-state index in [2.05, 4.69) is 79.0 Å². The van der Waals surface area contributed by atoms with Crippen LogP contribution in [-0.2, 0) is 16.0 Å². The number of esters is 1. The molecule has 0 unspecified atom stereocenters. The summed E-state index contributed by atoms with van der Waals surface area (Å²) < 4.78 is 5.06. The van der Waals surface area contributed by atoms with Gasteiger partial charge in [0.1, 0.15) is 0 Å². The van der Waals surface area contributed by atoms with Crippen LogP contribution in [0.4, 0.5) is 0 Å². The van der Waals surface area contributed by atoms with Crippen LogP contribution in [0, 0.1) is 0 Å². The standard InChI is InChI=1S/C28H33NO2/c1-3-31-28(30)17-14-21-8-6-11-23(18-21)24-15-16-25(19-24)29-20(2)26-13-7-10-22-9-4-5-12-27(22)26/h4-13,18,20,24-25,29H,3,14-17,19H2,1-2H3/t20-,24-,25-/m1/s1. The largest absolute Gasteiger partial charge is 0.466 e. The number of hydrogen-bond donors (Lipinski definition) is 1. The van der Waals surface area contributed by atoms with Crippen LogP contribution in [0.3, 0.4) is 0 Å². The summed E-state index contributed by atoms with van der Waals surface area (Å²) in [6.07, 6.45) is 4.78. The highest BCUT2D eigenvalue weighted by Gasteiger charge is 2.27. The highest BCUT2D eigenvalue weighted by molar-refractivity contribution is 5.86. The van der Waals surface area contributed by atoms with Crippen LogP contribution in [0.2, 0.25) is 0 Å². The molecule has 3 nitrogen and oxygen atoms in total. The lowest BCUT2D eigenvalue weighted by atomic mass is 9.94. The maximum Gasteiger partial charge on any atom is 0.306 e. The number of aryl methyl sites for hydroxylation is 1. The molecule has 4 rings (SSSR count). The predicted octanol–water partition coefficient (Wildman–Crippen LogP) is 6.32. The number of benzene rings is 3. The summed E-state index contributed by atoms with van der Waals surface area (Å²) in [5, 5.41) is 6.54. The number of carbonyl (C=O) groups is 1. The van der Waals surface area contributed by atoms with Gasteiger partial charge in [0.25, 0.3) is 0 Å². The molecule has 3 atom stereocenters. The highest BCUT2D eigenvalue weighted by Crippen LogP contribution is 2.36. The van der Waals surface area contributed by atoms with E-state index in [1.54, 1.807) is 0 Å². The lowest BCUT2D eigenvalue weighted by molar-refractivity contribution is -0.143. The average Bonchev–Trinajstić information content (AvgIpc) is 3.26. The molecule has 1 fully saturated rings. The van der Waals surface area contributed by atoms with Crippen LogP contribution >= 0.6 is 0 Å². The molecule has 162 valence electrons. The second-order valence-electron chi connectivity index (χ2n) is 8.71. The van der Waals surface area contributed by atoms with E-state index in [4.69, 9.17) is 4.74 Å². The summed E-state index contributed by atoms with van der Waals surface area (Å²) in [6.45, 7) is 4.59. The molecular formula is C28H33NO2. The Bertz CT molecular complexity index is 1020. The second kappa shape index (κ2) is 10.1. The minimum atomic E-state index is -0.111. The molecule has 3 heteroatoms. The van der Waals surface area contributed by atoms with Crippen molar-refractivity contribution in [3.63, 3.8) is 0 Å². The zero-order valence-electron chi connectivity index (χ0n) is 18.6. The van der Waals surface area contributed by atoms with Crippen molar-refractivity contribution in [2.24, 2.45) is 0 Å². The zero-order chi connectivity index (χ0) is 21.6. The first-order chi connectivity index (χ1) is 15.1. The lowest BCUT2D eigenvalue weighted by Crippen LogP contribution is -2.29. The number of hydrogen-bond acceptors (Lipinski definition) is 3. The quantitative estimate of drug-likeness (QED) is 0.437. The number of fused-ring (bicyclic) bond motifs is 1. The monoisotopic (exact) mass is 415 g/mol. The van der Waals surface area contributed by atoms with Gasteiger partial charge in [0.2, 0.25) is 0 Å². The number of ether oxygens (including phenoxy) is 1. The van der Waals surface area contributed by atoms with Gasteiger partial charge in [-0.05, 0) is 72.9 Å². The van der Waals surface area contributed by atoms with Crippen molar-refractivity contribution in [1.82, 2.24) is 5.32 Å². The number of carbonyl (C=O) groups excluding carboxylic acids is 1. The summed E-state index contributed by atoms with van der Waals surface area (Å²) in [5.74, 6) is 0.472. The smallest absolute Gasteiger partial charge is 0.306 e. The van der Waals surface area contributed by atoms with Crippen molar-refractivity contribution in [3.8, 4) is 0 Å². The topological polar surface area (TPSA) is 38.3 Å². The molecule has 3 aromatic rings. The van der Waals surface area contributed by atoms with E-state index < -0.39 is 0 Å². The summed E-state index contributed by atoms with van der Waals surface area (Å²) in [6, 6.07) is 24.9. The Balaban J connectivity index is 1.37. The number of nitrogens with one attached hydrogen (secondary N) is 1. The SMILES string of the molecule is CCOC(=O)CCc1cccc([C@@H]2CC[C@@H](N[C@H](C)c3cccc4ccccc34)C2)c1. The summed E-state index contributed by atoms with van der Waals surface area (Å²) in [5.41, 5.74) is 4.01. The Labute approximate surface area is 185 Å². The van der Waals surface area contributed by atoms with Gasteiger partial charge in [-0.15, -0.1) is 0 Å². The van der Waals surface area contributed by atoms with Crippen molar-refractivity contribution in [2.75, 3.05) is 6.61 Å². The fourth-order valence-corrected chi connectivity index (χ4v) is 4.99. The Hall–Kier alpha value is -2.65. The van der Waals surface area contributed by atoms with Gasteiger partial charge >= 0.3 is 5.97 Å². The van der Waals surface area contributed by atoms with Crippen molar-refractivity contribution in [3.05, 3.63) is 83.4 Å². The normalized spacial score (nSPS) is 19.4. The lowest BCUT2D eigenvalue weighted by Gasteiger charge is -2.22. The molecule has 1 aliphatic carbocycles.